The number of carbonyl (C=O) groups excluding carboxylic acids is 1. The highest BCUT2D eigenvalue weighted by Crippen LogP contribution is 2.07. The number of nitrogens with zero attached hydrogens (tertiary/aromatic N) is 2. The fraction of sp³-hybridized carbons (Fsp3) is 0.333. The summed E-state index contributed by atoms with van der Waals surface area (Å²) in [5.74, 6) is -0.175. The van der Waals surface area contributed by atoms with E-state index >= 15 is 0 Å². The van der Waals surface area contributed by atoms with Crippen LogP contribution in [0.4, 0.5) is 0 Å². The molecule has 0 fully saturated rings. The molecule has 1 atom stereocenters. The van der Waals surface area contributed by atoms with Crippen molar-refractivity contribution in [1.29, 1.82) is 0 Å². The van der Waals surface area contributed by atoms with Gasteiger partial charge in [0.1, 0.15) is 0 Å². The fourth-order valence-corrected chi connectivity index (χ4v) is 2.06. The Morgan fingerprint density at radius 3 is 2.60 bits per heavy atom. The lowest BCUT2D eigenvalue weighted by atomic mass is 10.0. The Morgan fingerprint density at radius 2 is 2.00 bits per heavy atom. The van der Waals surface area contributed by atoms with Crippen LogP contribution in [0.3, 0.4) is 0 Å². The van der Waals surface area contributed by atoms with Gasteiger partial charge in [0, 0.05) is 12.7 Å². The van der Waals surface area contributed by atoms with Crippen LogP contribution in [-0.4, -0.2) is 21.7 Å². The third-order valence-corrected chi connectivity index (χ3v) is 3.14. The minimum Gasteiger partial charge on any atom is -0.368 e. The molecule has 5 heteroatoms. The van der Waals surface area contributed by atoms with Gasteiger partial charge in [-0.2, -0.15) is 5.10 Å². The Kier molecular flexibility index (Phi) is 4.53. The van der Waals surface area contributed by atoms with Gasteiger partial charge in [0.25, 0.3) is 0 Å². The maximum Gasteiger partial charge on any atom is 0.234 e. The van der Waals surface area contributed by atoms with Crippen molar-refractivity contribution in [3.63, 3.8) is 0 Å². The Morgan fingerprint density at radius 1 is 1.30 bits per heavy atom. The highest BCUT2D eigenvalue weighted by molar-refractivity contribution is 5.80. The van der Waals surface area contributed by atoms with Gasteiger partial charge in [-0.05, 0) is 24.1 Å². The molecule has 1 amide bonds. The molecular weight excluding hydrogens is 252 g/mol. The SMILES string of the molecule is CC(C)C(NCc1ccn(-c2ccccc2)n1)C(N)=O. The average Bonchev–Trinajstić information content (AvgIpc) is 2.88. The number of para-hydroxylation sites is 1. The van der Waals surface area contributed by atoms with Gasteiger partial charge in [0.15, 0.2) is 0 Å². The number of primary amides is 1. The van der Waals surface area contributed by atoms with E-state index in [4.69, 9.17) is 5.73 Å². The first-order chi connectivity index (χ1) is 9.58. The molecule has 0 radical (unpaired) electrons. The van der Waals surface area contributed by atoms with Crippen LogP contribution in [0.5, 0.6) is 0 Å². The predicted molar refractivity (Wildman–Crippen MR) is 78.2 cm³/mol. The van der Waals surface area contributed by atoms with E-state index in [0.29, 0.717) is 6.54 Å². The van der Waals surface area contributed by atoms with Crippen LogP contribution in [0.15, 0.2) is 42.6 Å². The molecule has 2 rings (SSSR count). The zero-order valence-electron chi connectivity index (χ0n) is 11.8. The van der Waals surface area contributed by atoms with E-state index in [1.54, 1.807) is 0 Å². The number of rotatable bonds is 6. The monoisotopic (exact) mass is 272 g/mol. The molecule has 1 heterocycles. The second-order valence-corrected chi connectivity index (χ2v) is 5.09. The van der Waals surface area contributed by atoms with Gasteiger partial charge in [-0.3, -0.25) is 10.1 Å². The molecule has 0 aliphatic carbocycles. The topological polar surface area (TPSA) is 72.9 Å². The quantitative estimate of drug-likeness (QED) is 0.836. The van der Waals surface area contributed by atoms with Gasteiger partial charge >= 0.3 is 0 Å². The fourth-order valence-electron chi connectivity index (χ4n) is 2.06. The van der Waals surface area contributed by atoms with Crippen LogP contribution in [0.2, 0.25) is 0 Å². The van der Waals surface area contributed by atoms with E-state index in [9.17, 15) is 4.79 Å². The van der Waals surface area contributed by atoms with E-state index in [1.165, 1.54) is 0 Å². The zero-order valence-corrected chi connectivity index (χ0v) is 11.8. The largest absolute Gasteiger partial charge is 0.368 e. The summed E-state index contributed by atoms with van der Waals surface area (Å²) in [6, 6.07) is 11.5. The zero-order chi connectivity index (χ0) is 14.5. The third-order valence-electron chi connectivity index (χ3n) is 3.14. The van der Waals surface area contributed by atoms with Gasteiger partial charge in [-0.1, -0.05) is 32.0 Å². The van der Waals surface area contributed by atoms with Crippen LogP contribution in [-0.2, 0) is 11.3 Å². The van der Waals surface area contributed by atoms with Gasteiger partial charge in [-0.15, -0.1) is 0 Å². The summed E-state index contributed by atoms with van der Waals surface area (Å²) in [7, 11) is 0. The van der Waals surface area contributed by atoms with Crippen LogP contribution in [0.1, 0.15) is 19.5 Å². The minimum atomic E-state index is -0.336. The van der Waals surface area contributed by atoms with Gasteiger partial charge in [0.05, 0.1) is 17.4 Å². The van der Waals surface area contributed by atoms with Gasteiger partial charge in [0.2, 0.25) is 5.91 Å². The molecule has 20 heavy (non-hydrogen) atoms. The lowest BCUT2D eigenvalue weighted by Crippen LogP contribution is -2.44. The number of amides is 1. The molecule has 1 unspecified atom stereocenters. The van der Waals surface area contributed by atoms with Crippen molar-refractivity contribution in [1.82, 2.24) is 15.1 Å². The molecular formula is C15H20N4O. The second-order valence-electron chi connectivity index (χ2n) is 5.09. The number of carbonyl (C=O) groups is 1. The minimum absolute atomic E-state index is 0.156. The van der Waals surface area contributed by atoms with Crippen molar-refractivity contribution in [2.24, 2.45) is 11.7 Å². The van der Waals surface area contributed by atoms with Crippen LogP contribution in [0.25, 0.3) is 5.69 Å². The van der Waals surface area contributed by atoms with Crippen molar-refractivity contribution < 1.29 is 4.79 Å². The molecule has 1 aromatic carbocycles. The second kappa shape index (κ2) is 6.34. The third kappa shape index (κ3) is 3.45. The summed E-state index contributed by atoms with van der Waals surface area (Å²) in [5.41, 5.74) is 7.26. The summed E-state index contributed by atoms with van der Waals surface area (Å²) < 4.78 is 1.81. The van der Waals surface area contributed by atoms with Crippen molar-refractivity contribution in [2.45, 2.75) is 26.4 Å². The molecule has 0 saturated carbocycles. The molecule has 0 aliphatic rings. The first kappa shape index (κ1) is 14.3. The molecule has 5 nitrogen and oxygen atoms in total. The molecule has 106 valence electrons. The Labute approximate surface area is 118 Å². The Hall–Kier alpha value is -2.14. The van der Waals surface area contributed by atoms with Gasteiger partial charge < -0.3 is 5.73 Å². The maximum absolute atomic E-state index is 11.3. The highest BCUT2D eigenvalue weighted by atomic mass is 16.1. The highest BCUT2D eigenvalue weighted by Gasteiger charge is 2.18. The van der Waals surface area contributed by atoms with Crippen molar-refractivity contribution in [3.05, 3.63) is 48.3 Å². The molecule has 0 bridgehead atoms. The summed E-state index contributed by atoms with van der Waals surface area (Å²) in [6.45, 7) is 4.45. The van der Waals surface area contributed by atoms with Crippen LogP contribution < -0.4 is 11.1 Å². The molecule has 0 spiro atoms. The summed E-state index contributed by atoms with van der Waals surface area (Å²) in [6.07, 6.45) is 1.90. The first-order valence-electron chi connectivity index (χ1n) is 6.70. The van der Waals surface area contributed by atoms with Crippen LogP contribution >= 0.6 is 0 Å². The number of nitrogens with one attached hydrogen (secondary N) is 1. The summed E-state index contributed by atoms with van der Waals surface area (Å²) >= 11 is 0. The number of benzene rings is 1. The lowest BCUT2D eigenvalue weighted by molar-refractivity contribution is -0.121. The number of hydrogen-bond acceptors (Lipinski definition) is 3. The molecule has 2 aromatic rings. The predicted octanol–water partition coefficient (Wildman–Crippen LogP) is 1.47. The van der Waals surface area contributed by atoms with Crippen LogP contribution in [0, 0.1) is 5.92 Å². The molecule has 0 saturated heterocycles. The van der Waals surface area contributed by atoms with E-state index in [2.05, 4.69) is 10.4 Å². The average molecular weight is 272 g/mol. The normalized spacial score (nSPS) is 12.6. The summed E-state index contributed by atoms with van der Waals surface area (Å²) in [4.78, 5) is 11.3. The van der Waals surface area contributed by atoms with Crippen molar-refractivity contribution in [2.75, 3.05) is 0 Å². The van der Waals surface area contributed by atoms with Gasteiger partial charge in [-0.25, -0.2) is 4.68 Å². The lowest BCUT2D eigenvalue weighted by Gasteiger charge is -2.18. The number of hydrogen-bond donors (Lipinski definition) is 2. The Bertz CT molecular complexity index is 562. The first-order valence-corrected chi connectivity index (χ1v) is 6.70. The standard InChI is InChI=1S/C15H20N4O/c1-11(2)14(15(16)20)17-10-12-8-9-19(18-12)13-6-4-3-5-7-13/h3-9,11,14,17H,10H2,1-2H3,(H2,16,20). The van der Waals surface area contributed by atoms with E-state index in [0.717, 1.165) is 11.4 Å². The summed E-state index contributed by atoms with van der Waals surface area (Å²) in [5, 5.41) is 7.62. The Balaban J connectivity index is 2.02. The van der Waals surface area contributed by atoms with E-state index in [1.807, 2.05) is 61.1 Å². The molecule has 1 aromatic heterocycles. The molecule has 0 aliphatic heterocycles. The van der Waals surface area contributed by atoms with E-state index in [-0.39, 0.29) is 17.9 Å². The smallest absolute Gasteiger partial charge is 0.234 e. The maximum atomic E-state index is 11.3. The van der Waals surface area contributed by atoms with E-state index < -0.39 is 0 Å². The number of aromatic nitrogens is 2. The number of nitrogens with two attached hydrogens (primary N) is 1. The molecule has 3 N–H and O–H groups in total. The van der Waals surface area contributed by atoms with Crippen molar-refractivity contribution in [3.8, 4) is 5.69 Å². The van der Waals surface area contributed by atoms with Crippen molar-refractivity contribution >= 4 is 5.91 Å².